The highest BCUT2D eigenvalue weighted by Crippen LogP contribution is 2.20. The molecule has 1 aliphatic heterocycles. The van der Waals surface area contributed by atoms with Gasteiger partial charge in [-0.1, -0.05) is 18.2 Å². The van der Waals surface area contributed by atoms with Crippen LogP contribution in [0.25, 0.3) is 5.69 Å². The largest absolute Gasteiger partial charge is 0.352 e. The topological polar surface area (TPSA) is 46.1 Å². The van der Waals surface area contributed by atoms with Crippen LogP contribution in [0.2, 0.25) is 0 Å². The van der Waals surface area contributed by atoms with Crippen LogP contribution in [0, 0.1) is 19.8 Å². The summed E-state index contributed by atoms with van der Waals surface area (Å²) in [6.45, 7) is 7.03. The SMILES string of the molecule is Cc1cc(C(=O)NCCC2CCCNC2)c(C)n1-c1ccccc1. The highest BCUT2D eigenvalue weighted by Gasteiger charge is 2.17. The zero-order valence-electron chi connectivity index (χ0n) is 14.6. The van der Waals surface area contributed by atoms with Crippen molar-refractivity contribution in [1.29, 1.82) is 0 Å². The average molecular weight is 325 g/mol. The van der Waals surface area contributed by atoms with Crippen LogP contribution < -0.4 is 10.6 Å². The number of carbonyl (C=O) groups is 1. The van der Waals surface area contributed by atoms with Crippen LogP contribution in [0.4, 0.5) is 0 Å². The Bertz CT molecular complexity index is 684. The van der Waals surface area contributed by atoms with Crippen LogP contribution in [-0.2, 0) is 0 Å². The molecule has 0 spiro atoms. The second-order valence-corrected chi connectivity index (χ2v) is 6.71. The van der Waals surface area contributed by atoms with Crippen molar-refractivity contribution in [3.8, 4) is 5.69 Å². The van der Waals surface area contributed by atoms with E-state index in [2.05, 4.69) is 27.3 Å². The Morgan fingerprint density at radius 2 is 2.08 bits per heavy atom. The van der Waals surface area contributed by atoms with Crippen molar-refractivity contribution in [2.24, 2.45) is 5.92 Å². The van der Waals surface area contributed by atoms with Crippen LogP contribution >= 0.6 is 0 Å². The van der Waals surface area contributed by atoms with Crippen molar-refractivity contribution in [3.05, 3.63) is 53.3 Å². The number of para-hydroxylation sites is 1. The van der Waals surface area contributed by atoms with Gasteiger partial charge in [-0.3, -0.25) is 4.79 Å². The fourth-order valence-electron chi connectivity index (χ4n) is 3.62. The fourth-order valence-corrected chi connectivity index (χ4v) is 3.62. The van der Waals surface area contributed by atoms with Crippen molar-refractivity contribution < 1.29 is 4.79 Å². The van der Waals surface area contributed by atoms with E-state index < -0.39 is 0 Å². The molecule has 1 saturated heterocycles. The molecule has 2 aromatic rings. The molecule has 0 saturated carbocycles. The summed E-state index contributed by atoms with van der Waals surface area (Å²) in [5.74, 6) is 0.727. The van der Waals surface area contributed by atoms with Gasteiger partial charge in [-0.05, 0) is 70.3 Å². The molecule has 1 aromatic heterocycles. The molecule has 0 radical (unpaired) electrons. The summed E-state index contributed by atoms with van der Waals surface area (Å²) < 4.78 is 2.14. The lowest BCUT2D eigenvalue weighted by molar-refractivity contribution is 0.0950. The van der Waals surface area contributed by atoms with Gasteiger partial charge in [0.25, 0.3) is 5.91 Å². The highest BCUT2D eigenvalue weighted by atomic mass is 16.1. The molecule has 3 rings (SSSR count). The second kappa shape index (κ2) is 7.67. The number of aryl methyl sites for hydroxylation is 1. The Morgan fingerprint density at radius 1 is 1.29 bits per heavy atom. The Morgan fingerprint density at radius 3 is 2.79 bits per heavy atom. The van der Waals surface area contributed by atoms with Crippen molar-refractivity contribution in [3.63, 3.8) is 0 Å². The molecule has 2 heterocycles. The minimum Gasteiger partial charge on any atom is -0.352 e. The van der Waals surface area contributed by atoms with E-state index in [1.54, 1.807) is 0 Å². The van der Waals surface area contributed by atoms with Gasteiger partial charge in [-0.25, -0.2) is 0 Å². The number of amides is 1. The molecule has 2 N–H and O–H groups in total. The van der Waals surface area contributed by atoms with Gasteiger partial charge in [0, 0.05) is 23.6 Å². The summed E-state index contributed by atoms with van der Waals surface area (Å²) in [7, 11) is 0. The predicted octanol–water partition coefficient (Wildman–Crippen LogP) is 3.21. The van der Waals surface area contributed by atoms with Crippen LogP contribution in [-0.4, -0.2) is 30.1 Å². The van der Waals surface area contributed by atoms with Crippen molar-refractivity contribution >= 4 is 5.91 Å². The number of piperidine rings is 1. The molecule has 128 valence electrons. The molecule has 0 bridgehead atoms. The third kappa shape index (κ3) is 3.70. The minimum atomic E-state index is 0.0362. The number of benzene rings is 1. The zero-order valence-corrected chi connectivity index (χ0v) is 14.6. The first kappa shape index (κ1) is 16.8. The van der Waals surface area contributed by atoms with Crippen LogP contribution in [0.15, 0.2) is 36.4 Å². The van der Waals surface area contributed by atoms with E-state index in [-0.39, 0.29) is 5.91 Å². The van der Waals surface area contributed by atoms with Crippen molar-refractivity contribution in [1.82, 2.24) is 15.2 Å². The smallest absolute Gasteiger partial charge is 0.253 e. The molecule has 1 atom stereocenters. The number of hydrogen-bond donors (Lipinski definition) is 2. The summed E-state index contributed by atoms with van der Waals surface area (Å²) in [4.78, 5) is 12.6. The lowest BCUT2D eigenvalue weighted by Crippen LogP contribution is -2.33. The van der Waals surface area contributed by atoms with Crippen LogP contribution in [0.5, 0.6) is 0 Å². The van der Waals surface area contributed by atoms with Gasteiger partial charge >= 0.3 is 0 Å². The van der Waals surface area contributed by atoms with E-state index in [4.69, 9.17) is 0 Å². The minimum absolute atomic E-state index is 0.0362. The molecule has 4 heteroatoms. The monoisotopic (exact) mass is 325 g/mol. The zero-order chi connectivity index (χ0) is 16.9. The van der Waals surface area contributed by atoms with Gasteiger partial charge < -0.3 is 15.2 Å². The Kier molecular flexibility index (Phi) is 5.36. The molecule has 1 aromatic carbocycles. The second-order valence-electron chi connectivity index (χ2n) is 6.71. The van der Waals surface area contributed by atoms with E-state index in [0.29, 0.717) is 5.92 Å². The quantitative estimate of drug-likeness (QED) is 0.887. The number of nitrogens with one attached hydrogen (secondary N) is 2. The number of hydrogen-bond acceptors (Lipinski definition) is 2. The van der Waals surface area contributed by atoms with Gasteiger partial charge in [0.15, 0.2) is 0 Å². The lowest BCUT2D eigenvalue weighted by Gasteiger charge is -2.22. The van der Waals surface area contributed by atoms with E-state index in [9.17, 15) is 4.79 Å². The van der Waals surface area contributed by atoms with Crippen LogP contribution in [0.1, 0.15) is 41.0 Å². The van der Waals surface area contributed by atoms with Crippen molar-refractivity contribution in [2.75, 3.05) is 19.6 Å². The Balaban J connectivity index is 1.65. The third-order valence-corrected chi connectivity index (χ3v) is 4.93. The third-order valence-electron chi connectivity index (χ3n) is 4.93. The molecule has 4 nitrogen and oxygen atoms in total. The summed E-state index contributed by atoms with van der Waals surface area (Å²) >= 11 is 0. The van der Waals surface area contributed by atoms with E-state index >= 15 is 0 Å². The molecular weight excluding hydrogens is 298 g/mol. The number of rotatable bonds is 5. The van der Waals surface area contributed by atoms with Crippen LogP contribution in [0.3, 0.4) is 0 Å². The highest BCUT2D eigenvalue weighted by molar-refractivity contribution is 5.95. The molecule has 1 amide bonds. The summed E-state index contributed by atoms with van der Waals surface area (Å²) in [5, 5.41) is 6.53. The summed E-state index contributed by atoms with van der Waals surface area (Å²) in [6, 6.07) is 12.2. The Labute approximate surface area is 144 Å². The lowest BCUT2D eigenvalue weighted by atomic mass is 9.96. The van der Waals surface area contributed by atoms with Gasteiger partial charge in [0.2, 0.25) is 0 Å². The Hall–Kier alpha value is -2.07. The molecule has 1 aliphatic rings. The van der Waals surface area contributed by atoms with Gasteiger partial charge in [-0.2, -0.15) is 0 Å². The maximum absolute atomic E-state index is 12.6. The molecule has 24 heavy (non-hydrogen) atoms. The average Bonchev–Trinajstić information content (AvgIpc) is 2.91. The van der Waals surface area contributed by atoms with Gasteiger partial charge in [0.05, 0.1) is 5.56 Å². The van der Waals surface area contributed by atoms with E-state index in [1.165, 1.54) is 12.8 Å². The standard InChI is InChI=1S/C20H27N3O/c1-15-13-19(16(2)23(15)18-8-4-3-5-9-18)20(24)22-12-10-17-7-6-11-21-14-17/h3-5,8-9,13,17,21H,6-7,10-12,14H2,1-2H3,(H,22,24). The fraction of sp³-hybridized carbons (Fsp3) is 0.450. The molecule has 1 unspecified atom stereocenters. The normalized spacial score (nSPS) is 17.7. The maximum atomic E-state index is 12.6. The van der Waals surface area contributed by atoms with Gasteiger partial charge in [0.1, 0.15) is 0 Å². The number of aromatic nitrogens is 1. The summed E-state index contributed by atoms with van der Waals surface area (Å²) in [5.41, 5.74) is 3.95. The number of carbonyl (C=O) groups excluding carboxylic acids is 1. The first-order chi connectivity index (χ1) is 11.7. The van der Waals surface area contributed by atoms with Gasteiger partial charge in [-0.15, -0.1) is 0 Å². The molecule has 1 fully saturated rings. The maximum Gasteiger partial charge on any atom is 0.253 e. The van der Waals surface area contributed by atoms with E-state index in [0.717, 1.165) is 48.7 Å². The van der Waals surface area contributed by atoms with E-state index in [1.807, 2.05) is 38.1 Å². The molecular formula is C20H27N3O. The first-order valence-electron chi connectivity index (χ1n) is 8.90. The summed E-state index contributed by atoms with van der Waals surface area (Å²) in [6.07, 6.45) is 3.57. The predicted molar refractivity (Wildman–Crippen MR) is 97.8 cm³/mol. The first-order valence-corrected chi connectivity index (χ1v) is 8.90. The molecule has 0 aliphatic carbocycles. The number of nitrogens with zero attached hydrogens (tertiary/aromatic N) is 1. The van der Waals surface area contributed by atoms with Crippen molar-refractivity contribution in [2.45, 2.75) is 33.1 Å².